The van der Waals surface area contributed by atoms with E-state index in [1.807, 2.05) is 0 Å². The summed E-state index contributed by atoms with van der Waals surface area (Å²) in [6, 6.07) is 3.49. The third-order valence-corrected chi connectivity index (χ3v) is 4.27. The molecule has 0 radical (unpaired) electrons. The van der Waals surface area contributed by atoms with Crippen molar-refractivity contribution in [2.75, 3.05) is 0 Å². The summed E-state index contributed by atoms with van der Waals surface area (Å²) in [7, 11) is 0. The van der Waals surface area contributed by atoms with Crippen LogP contribution in [0, 0.1) is 0 Å². The number of carbonyl (C=O) groups is 1. The number of nitrogens with zero attached hydrogens (tertiary/aromatic N) is 2. The van der Waals surface area contributed by atoms with E-state index in [1.54, 1.807) is 18.3 Å². The van der Waals surface area contributed by atoms with Crippen molar-refractivity contribution >= 4 is 27.7 Å². The number of halogens is 1. The van der Waals surface area contributed by atoms with Gasteiger partial charge in [-0.05, 0) is 40.9 Å². The molecule has 0 atom stereocenters. The normalized spacial score (nSPS) is 18.6. The number of nitrogens with one attached hydrogen (secondary N) is 1. The van der Waals surface area contributed by atoms with Crippen LogP contribution in [0.3, 0.4) is 0 Å². The van der Waals surface area contributed by atoms with Crippen LogP contribution >= 0.6 is 15.9 Å². The summed E-state index contributed by atoms with van der Waals surface area (Å²) in [5, 5.41) is 15.0. The van der Waals surface area contributed by atoms with Crippen molar-refractivity contribution in [2.45, 2.75) is 37.6 Å². The molecule has 1 aromatic rings. The molecule has 6 nitrogen and oxygen atoms in total. The van der Waals surface area contributed by atoms with E-state index >= 15 is 0 Å². The minimum Gasteiger partial charge on any atom is -0.409 e. The molecule has 0 saturated heterocycles. The lowest BCUT2D eigenvalue weighted by Crippen LogP contribution is -2.58. The highest BCUT2D eigenvalue weighted by atomic mass is 79.9. The molecule has 20 heavy (non-hydrogen) atoms. The number of hydrogen-bond acceptors (Lipinski definition) is 4. The first kappa shape index (κ1) is 14.8. The molecular weight excluding hydrogens is 324 g/mol. The van der Waals surface area contributed by atoms with Crippen LogP contribution in [0.15, 0.2) is 28.0 Å². The highest BCUT2D eigenvalue weighted by Gasteiger charge is 2.38. The molecule has 0 aliphatic heterocycles. The average Bonchev–Trinajstić information content (AvgIpc) is 2.47. The van der Waals surface area contributed by atoms with Crippen molar-refractivity contribution in [1.82, 2.24) is 10.3 Å². The lowest BCUT2D eigenvalue weighted by atomic mass is 9.80. The van der Waals surface area contributed by atoms with E-state index in [0.29, 0.717) is 23.0 Å². The first-order valence-corrected chi connectivity index (χ1v) is 7.29. The fraction of sp³-hybridized carbons (Fsp3) is 0.462. The molecule has 1 amide bonds. The first-order valence-electron chi connectivity index (χ1n) is 6.50. The monoisotopic (exact) mass is 340 g/mol. The smallest absolute Gasteiger partial charge is 0.271 e. The summed E-state index contributed by atoms with van der Waals surface area (Å²) < 4.78 is 0.614. The molecule has 1 aliphatic carbocycles. The van der Waals surface area contributed by atoms with Gasteiger partial charge in [-0.2, -0.15) is 0 Å². The Morgan fingerprint density at radius 2 is 2.15 bits per heavy atom. The third kappa shape index (κ3) is 2.92. The Hall–Kier alpha value is -1.63. The zero-order valence-corrected chi connectivity index (χ0v) is 12.6. The van der Waals surface area contributed by atoms with Gasteiger partial charge in [0.15, 0.2) is 5.84 Å². The van der Waals surface area contributed by atoms with E-state index < -0.39 is 5.54 Å². The fourth-order valence-electron chi connectivity index (χ4n) is 2.53. The molecule has 1 aromatic heterocycles. The van der Waals surface area contributed by atoms with Crippen LogP contribution in [0.4, 0.5) is 0 Å². The molecule has 0 bridgehead atoms. The van der Waals surface area contributed by atoms with Gasteiger partial charge in [0.05, 0.1) is 0 Å². The molecule has 1 heterocycles. The zero-order chi connectivity index (χ0) is 14.6. The maximum atomic E-state index is 12.4. The molecule has 108 valence electrons. The molecule has 7 heteroatoms. The van der Waals surface area contributed by atoms with Crippen molar-refractivity contribution in [3.05, 3.63) is 28.5 Å². The molecule has 1 fully saturated rings. The topological polar surface area (TPSA) is 101 Å². The molecule has 0 aromatic carbocycles. The Labute approximate surface area is 125 Å². The number of aromatic nitrogens is 1. The lowest BCUT2D eigenvalue weighted by Gasteiger charge is -2.36. The third-order valence-electron chi connectivity index (χ3n) is 3.63. The van der Waals surface area contributed by atoms with Crippen LogP contribution < -0.4 is 11.1 Å². The SMILES string of the molecule is N/C(=N/O)C1(NC(=O)c2ncccc2Br)CCCCC1. The van der Waals surface area contributed by atoms with Gasteiger partial charge < -0.3 is 16.3 Å². The van der Waals surface area contributed by atoms with Crippen LogP contribution in [-0.4, -0.2) is 27.5 Å². The van der Waals surface area contributed by atoms with Gasteiger partial charge in [0, 0.05) is 10.7 Å². The van der Waals surface area contributed by atoms with Crippen LogP contribution in [0.1, 0.15) is 42.6 Å². The van der Waals surface area contributed by atoms with E-state index in [1.165, 1.54) is 0 Å². The standard InChI is InChI=1S/C13H17BrN4O2/c14-9-5-4-8-16-10(9)11(19)17-13(12(15)18-20)6-2-1-3-7-13/h4-5,8,20H,1-3,6-7H2,(H2,15,18)(H,17,19). The van der Waals surface area contributed by atoms with E-state index in [0.717, 1.165) is 19.3 Å². The van der Waals surface area contributed by atoms with Crippen LogP contribution in [0.2, 0.25) is 0 Å². The number of pyridine rings is 1. The Bertz CT molecular complexity index is 527. The summed E-state index contributed by atoms with van der Waals surface area (Å²) in [5.41, 5.74) is 5.32. The van der Waals surface area contributed by atoms with Crippen molar-refractivity contribution in [2.24, 2.45) is 10.9 Å². The second-order valence-electron chi connectivity index (χ2n) is 4.92. The van der Waals surface area contributed by atoms with Crippen molar-refractivity contribution < 1.29 is 10.0 Å². The van der Waals surface area contributed by atoms with Crippen molar-refractivity contribution in [1.29, 1.82) is 0 Å². The Kier molecular flexibility index (Phi) is 4.59. The minimum absolute atomic E-state index is 0.0533. The number of hydrogen-bond donors (Lipinski definition) is 3. The predicted octanol–water partition coefficient (Wildman–Crippen LogP) is 2.02. The first-order chi connectivity index (χ1) is 9.59. The van der Waals surface area contributed by atoms with Crippen molar-refractivity contribution in [3.63, 3.8) is 0 Å². The quantitative estimate of drug-likeness (QED) is 0.339. The predicted molar refractivity (Wildman–Crippen MR) is 78.6 cm³/mol. The number of oxime groups is 1. The van der Waals surface area contributed by atoms with Gasteiger partial charge in [-0.25, -0.2) is 4.98 Å². The summed E-state index contributed by atoms with van der Waals surface area (Å²) in [6.07, 6.45) is 5.83. The van der Waals surface area contributed by atoms with Gasteiger partial charge in [0.25, 0.3) is 5.91 Å². The molecule has 1 saturated carbocycles. The molecule has 0 unspecified atom stereocenters. The molecular formula is C13H17BrN4O2. The Morgan fingerprint density at radius 1 is 1.45 bits per heavy atom. The van der Waals surface area contributed by atoms with Gasteiger partial charge in [-0.1, -0.05) is 24.4 Å². The van der Waals surface area contributed by atoms with Crippen LogP contribution in [-0.2, 0) is 0 Å². The summed E-state index contributed by atoms with van der Waals surface area (Å²) in [5.74, 6) is -0.274. The molecule has 4 N–H and O–H groups in total. The van der Waals surface area contributed by atoms with E-state index in [4.69, 9.17) is 10.9 Å². The van der Waals surface area contributed by atoms with Gasteiger partial charge in [-0.3, -0.25) is 4.79 Å². The second-order valence-corrected chi connectivity index (χ2v) is 5.77. The molecule has 2 rings (SSSR count). The van der Waals surface area contributed by atoms with Gasteiger partial charge in [-0.15, -0.1) is 0 Å². The summed E-state index contributed by atoms with van der Waals surface area (Å²) in [6.45, 7) is 0. The van der Waals surface area contributed by atoms with Crippen molar-refractivity contribution in [3.8, 4) is 0 Å². The van der Waals surface area contributed by atoms with Crippen LogP contribution in [0.5, 0.6) is 0 Å². The number of nitrogens with two attached hydrogens (primary N) is 1. The largest absolute Gasteiger partial charge is 0.409 e. The van der Waals surface area contributed by atoms with Crippen LogP contribution in [0.25, 0.3) is 0 Å². The second kappa shape index (κ2) is 6.21. The van der Waals surface area contributed by atoms with E-state index in [-0.39, 0.29) is 11.7 Å². The Balaban J connectivity index is 2.24. The number of amidine groups is 1. The number of carbonyl (C=O) groups excluding carboxylic acids is 1. The lowest BCUT2D eigenvalue weighted by molar-refractivity contribution is 0.0899. The highest BCUT2D eigenvalue weighted by molar-refractivity contribution is 9.10. The average molecular weight is 341 g/mol. The molecule has 0 spiro atoms. The number of rotatable bonds is 3. The summed E-state index contributed by atoms with van der Waals surface area (Å²) >= 11 is 3.30. The Morgan fingerprint density at radius 3 is 2.75 bits per heavy atom. The van der Waals surface area contributed by atoms with Gasteiger partial charge in [0.1, 0.15) is 11.2 Å². The van der Waals surface area contributed by atoms with E-state index in [9.17, 15) is 4.79 Å². The van der Waals surface area contributed by atoms with E-state index in [2.05, 4.69) is 31.4 Å². The fourth-order valence-corrected chi connectivity index (χ4v) is 2.96. The minimum atomic E-state index is -0.777. The molecule has 1 aliphatic rings. The van der Waals surface area contributed by atoms with Gasteiger partial charge >= 0.3 is 0 Å². The number of amides is 1. The van der Waals surface area contributed by atoms with Gasteiger partial charge in [0.2, 0.25) is 0 Å². The maximum absolute atomic E-state index is 12.4. The maximum Gasteiger partial charge on any atom is 0.271 e. The highest BCUT2D eigenvalue weighted by Crippen LogP contribution is 2.29. The zero-order valence-electron chi connectivity index (χ0n) is 11.0. The summed E-state index contributed by atoms with van der Waals surface area (Å²) in [4.78, 5) is 16.4.